The molecule has 0 radical (unpaired) electrons. The largest absolute Gasteiger partial charge is 0.471 e. The maximum atomic E-state index is 13.5. The Bertz CT molecular complexity index is 1090. The number of nitrogens with zero attached hydrogens (tertiary/aromatic N) is 2. The molecular weight excluding hydrogens is 409 g/mol. The highest BCUT2D eigenvalue weighted by molar-refractivity contribution is 5.95. The molecule has 7 heteroatoms. The molecule has 6 nitrogen and oxygen atoms in total. The number of nitrogens with one attached hydrogen (secondary N) is 1. The van der Waals surface area contributed by atoms with E-state index in [9.17, 15) is 14.3 Å². The number of rotatable bonds is 6. The van der Waals surface area contributed by atoms with E-state index in [2.05, 4.69) is 15.3 Å². The number of amides is 1. The van der Waals surface area contributed by atoms with Gasteiger partial charge in [0.1, 0.15) is 12.4 Å². The van der Waals surface area contributed by atoms with Gasteiger partial charge in [0.15, 0.2) is 0 Å². The van der Waals surface area contributed by atoms with E-state index in [4.69, 9.17) is 4.74 Å². The first-order valence-electron chi connectivity index (χ1n) is 10.8. The Morgan fingerprint density at radius 3 is 2.72 bits per heavy atom. The summed E-state index contributed by atoms with van der Waals surface area (Å²) in [6, 6.07) is 11.2. The highest BCUT2D eigenvalue weighted by atomic mass is 19.1. The van der Waals surface area contributed by atoms with Crippen molar-refractivity contribution in [3.05, 3.63) is 77.5 Å². The van der Waals surface area contributed by atoms with Crippen LogP contribution in [0.25, 0.3) is 11.1 Å². The Balaban J connectivity index is 1.60. The van der Waals surface area contributed by atoms with Crippen LogP contribution in [0.3, 0.4) is 0 Å². The molecule has 0 bridgehead atoms. The lowest BCUT2D eigenvalue weighted by Crippen LogP contribution is -2.45. The number of aromatic nitrogens is 2. The van der Waals surface area contributed by atoms with Gasteiger partial charge in [-0.3, -0.25) is 9.78 Å². The van der Waals surface area contributed by atoms with Crippen molar-refractivity contribution < 1.29 is 19.0 Å². The van der Waals surface area contributed by atoms with Crippen LogP contribution in [0.15, 0.2) is 54.9 Å². The average molecular weight is 435 g/mol. The molecule has 166 valence electrons. The van der Waals surface area contributed by atoms with Crippen LogP contribution in [-0.4, -0.2) is 33.1 Å². The number of halogens is 1. The zero-order chi connectivity index (χ0) is 22.5. The highest BCUT2D eigenvalue weighted by Crippen LogP contribution is 2.30. The van der Waals surface area contributed by atoms with Crippen molar-refractivity contribution in [2.75, 3.05) is 0 Å². The van der Waals surface area contributed by atoms with Crippen LogP contribution in [0.2, 0.25) is 0 Å². The lowest BCUT2D eigenvalue weighted by atomic mass is 9.92. The van der Waals surface area contributed by atoms with Crippen LogP contribution in [0, 0.1) is 12.7 Å². The fraction of sp³-hybridized carbons (Fsp3) is 0.320. The second kappa shape index (κ2) is 9.87. The van der Waals surface area contributed by atoms with E-state index in [0.29, 0.717) is 29.0 Å². The normalized spacial score (nSPS) is 18.2. The van der Waals surface area contributed by atoms with Crippen molar-refractivity contribution in [3.8, 4) is 17.0 Å². The SMILES string of the molecule is Cc1cccnc1COc1ncc(C(=O)NC2CCCC[C@H]2O)cc1-c1ccc(F)cc1. The molecule has 0 saturated heterocycles. The molecule has 1 aliphatic carbocycles. The summed E-state index contributed by atoms with van der Waals surface area (Å²) in [6.45, 7) is 2.17. The fourth-order valence-corrected chi connectivity index (χ4v) is 3.87. The van der Waals surface area contributed by atoms with Crippen LogP contribution in [0.5, 0.6) is 5.88 Å². The first kappa shape index (κ1) is 21.9. The molecule has 32 heavy (non-hydrogen) atoms. The predicted octanol–water partition coefficient (Wildman–Crippen LogP) is 4.20. The van der Waals surface area contributed by atoms with Crippen molar-refractivity contribution in [2.24, 2.45) is 0 Å². The molecule has 1 amide bonds. The zero-order valence-corrected chi connectivity index (χ0v) is 17.9. The molecule has 2 N–H and O–H groups in total. The minimum absolute atomic E-state index is 0.216. The fourth-order valence-electron chi connectivity index (χ4n) is 3.87. The van der Waals surface area contributed by atoms with Gasteiger partial charge >= 0.3 is 0 Å². The van der Waals surface area contributed by atoms with Crippen molar-refractivity contribution in [2.45, 2.75) is 51.4 Å². The number of benzene rings is 1. The lowest BCUT2D eigenvalue weighted by Gasteiger charge is -2.28. The lowest BCUT2D eigenvalue weighted by molar-refractivity contribution is 0.0717. The molecule has 1 fully saturated rings. The molecule has 1 aliphatic rings. The minimum atomic E-state index is -0.540. The average Bonchev–Trinajstić information content (AvgIpc) is 2.80. The molecule has 0 aliphatic heterocycles. The standard InChI is InChI=1S/C25H26FN3O3/c1-16-5-4-12-27-22(16)15-32-25-20(17-8-10-19(26)11-9-17)13-18(14-28-25)24(31)29-21-6-2-3-7-23(21)30/h4-5,8-14,21,23,30H,2-3,6-7,15H2,1H3,(H,29,31)/t21?,23-/m1/s1. The number of pyridine rings is 2. The van der Waals surface area contributed by atoms with Gasteiger partial charge in [-0.1, -0.05) is 31.0 Å². The van der Waals surface area contributed by atoms with Gasteiger partial charge in [-0.05, 0) is 55.2 Å². The monoisotopic (exact) mass is 435 g/mol. The molecule has 4 rings (SSSR count). The molecule has 1 saturated carbocycles. The summed E-state index contributed by atoms with van der Waals surface area (Å²) in [5.41, 5.74) is 3.39. The molecular formula is C25H26FN3O3. The summed E-state index contributed by atoms with van der Waals surface area (Å²) in [6.07, 6.45) is 5.98. The maximum absolute atomic E-state index is 13.5. The number of ether oxygens (including phenoxy) is 1. The van der Waals surface area contributed by atoms with Crippen LogP contribution in [-0.2, 0) is 6.61 Å². The van der Waals surface area contributed by atoms with E-state index in [-0.39, 0.29) is 24.4 Å². The van der Waals surface area contributed by atoms with E-state index < -0.39 is 6.10 Å². The number of hydrogen-bond donors (Lipinski definition) is 2. The van der Waals surface area contributed by atoms with Crippen LogP contribution in [0.1, 0.15) is 47.3 Å². The van der Waals surface area contributed by atoms with Gasteiger partial charge in [0.05, 0.1) is 23.4 Å². The molecule has 1 aromatic carbocycles. The Morgan fingerprint density at radius 1 is 1.19 bits per heavy atom. The van der Waals surface area contributed by atoms with Crippen LogP contribution in [0.4, 0.5) is 4.39 Å². The van der Waals surface area contributed by atoms with Gasteiger partial charge in [-0.2, -0.15) is 0 Å². The van der Waals surface area contributed by atoms with Crippen molar-refractivity contribution >= 4 is 5.91 Å². The number of aliphatic hydroxyl groups excluding tert-OH is 1. The van der Waals surface area contributed by atoms with Crippen molar-refractivity contribution in [3.63, 3.8) is 0 Å². The second-order valence-corrected chi connectivity index (χ2v) is 8.07. The molecule has 3 aromatic rings. The number of hydrogen-bond acceptors (Lipinski definition) is 5. The van der Waals surface area contributed by atoms with E-state index in [1.807, 2.05) is 19.1 Å². The third kappa shape index (κ3) is 5.11. The van der Waals surface area contributed by atoms with Crippen molar-refractivity contribution in [1.29, 1.82) is 0 Å². The Morgan fingerprint density at radius 2 is 1.97 bits per heavy atom. The Hall–Kier alpha value is -3.32. The topological polar surface area (TPSA) is 84.3 Å². The van der Waals surface area contributed by atoms with Crippen molar-refractivity contribution in [1.82, 2.24) is 15.3 Å². The Labute approximate surface area is 186 Å². The highest BCUT2D eigenvalue weighted by Gasteiger charge is 2.25. The van der Waals surface area contributed by atoms with E-state index in [1.165, 1.54) is 18.3 Å². The molecule has 0 spiro atoms. The summed E-state index contributed by atoms with van der Waals surface area (Å²) in [7, 11) is 0. The first-order chi connectivity index (χ1) is 15.5. The summed E-state index contributed by atoms with van der Waals surface area (Å²) in [5, 5.41) is 13.1. The Kier molecular flexibility index (Phi) is 6.75. The van der Waals surface area contributed by atoms with Crippen LogP contribution >= 0.6 is 0 Å². The summed E-state index contributed by atoms with van der Waals surface area (Å²) < 4.78 is 19.4. The van der Waals surface area contributed by atoms with Gasteiger partial charge in [-0.15, -0.1) is 0 Å². The summed E-state index contributed by atoms with van der Waals surface area (Å²) in [4.78, 5) is 21.6. The third-order valence-corrected chi connectivity index (χ3v) is 5.78. The van der Waals surface area contributed by atoms with Gasteiger partial charge in [0, 0.05) is 18.0 Å². The van der Waals surface area contributed by atoms with Crippen LogP contribution < -0.4 is 10.1 Å². The van der Waals surface area contributed by atoms with E-state index in [0.717, 1.165) is 30.5 Å². The van der Waals surface area contributed by atoms with E-state index in [1.54, 1.807) is 24.4 Å². The molecule has 2 aromatic heterocycles. The predicted molar refractivity (Wildman–Crippen MR) is 119 cm³/mol. The number of aliphatic hydroxyl groups is 1. The summed E-state index contributed by atoms with van der Waals surface area (Å²) in [5.74, 6) is -0.330. The number of carbonyl (C=O) groups excluding carboxylic acids is 1. The third-order valence-electron chi connectivity index (χ3n) is 5.78. The van der Waals surface area contributed by atoms with Gasteiger partial charge in [0.25, 0.3) is 5.91 Å². The minimum Gasteiger partial charge on any atom is -0.471 e. The first-order valence-corrected chi connectivity index (χ1v) is 10.8. The van der Waals surface area contributed by atoms with Gasteiger partial charge in [0.2, 0.25) is 5.88 Å². The number of aryl methyl sites for hydroxylation is 1. The second-order valence-electron chi connectivity index (χ2n) is 8.07. The maximum Gasteiger partial charge on any atom is 0.253 e. The zero-order valence-electron chi connectivity index (χ0n) is 17.9. The molecule has 1 unspecified atom stereocenters. The van der Waals surface area contributed by atoms with E-state index >= 15 is 0 Å². The molecule has 2 heterocycles. The van der Waals surface area contributed by atoms with Gasteiger partial charge in [-0.25, -0.2) is 9.37 Å². The molecule has 2 atom stereocenters. The number of carbonyl (C=O) groups is 1. The quantitative estimate of drug-likeness (QED) is 0.606. The summed E-state index contributed by atoms with van der Waals surface area (Å²) >= 11 is 0. The smallest absolute Gasteiger partial charge is 0.253 e. The van der Waals surface area contributed by atoms with Gasteiger partial charge < -0.3 is 15.2 Å².